The fraction of sp³-hybridized carbons (Fsp3) is 0.350. The van der Waals surface area contributed by atoms with Crippen molar-refractivity contribution in [3.63, 3.8) is 0 Å². The van der Waals surface area contributed by atoms with Crippen molar-refractivity contribution in [3.8, 4) is 11.6 Å². The molecule has 1 N–H and O–H groups in total. The second kappa shape index (κ2) is 7.75. The summed E-state index contributed by atoms with van der Waals surface area (Å²) >= 11 is 0. The van der Waals surface area contributed by atoms with Crippen LogP contribution >= 0.6 is 0 Å². The average molecular weight is 366 g/mol. The lowest BCUT2D eigenvalue weighted by molar-refractivity contribution is -0.116. The molecule has 7 nitrogen and oxygen atoms in total. The van der Waals surface area contributed by atoms with Gasteiger partial charge in [0.2, 0.25) is 5.88 Å². The molecule has 0 spiro atoms. The van der Waals surface area contributed by atoms with E-state index < -0.39 is 0 Å². The van der Waals surface area contributed by atoms with Crippen molar-refractivity contribution in [1.29, 1.82) is 0 Å². The Bertz CT molecular complexity index is 949. The molecule has 0 saturated carbocycles. The summed E-state index contributed by atoms with van der Waals surface area (Å²) in [6.07, 6.45) is 3.32. The molecular weight excluding hydrogens is 344 g/mol. The summed E-state index contributed by atoms with van der Waals surface area (Å²) in [5.41, 5.74) is 1.68. The fourth-order valence-electron chi connectivity index (χ4n) is 2.99. The Morgan fingerprint density at radius 1 is 1.33 bits per heavy atom. The lowest BCUT2D eigenvalue weighted by atomic mass is 10.0. The van der Waals surface area contributed by atoms with Crippen LogP contribution in [0.1, 0.15) is 18.9 Å². The van der Waals surface area contributed by atoms with Crippen LogP contribution in [-0.2, 0) is 16.0 Å². The van der Waals surface area contributed by atoms with Crippen LogP contribution in [0.2, 0.25) is 0 Å². The van der Waals surface area contributed by atoms with Crippen molar-refractivity contribution in [2.75, 3.05) is 25.1 Å². The zero-order valence-corrected chi connectivity index (χ0v) is 15.2. The first-order valence-electron chi connectivity index (χ1n) is 9.10. The van der Waals surface area contributed by atoms with Crippen LogP contribution < -0.4 is 10.1 Å². The van der Waals surface area contributed by atoms with Gasteiger partial charge in [0.15, 0.2) is 5.65 Å². The van der Waals surface area contributed by atoms with Crippen LogP contribution in [0.3, 0.4) is 0 Å². The number of fused-ring (bicyclic) bond motifs is 1. The third-order valence-electron chi connectivity index (χ3n) is 4.44. The number of ether oxygens (including phenoxy) is 2. The molecule has 2 aromatic heterocycles. The Labute approximate surface area is 157 Å². The number of nitrogens with one attached hydrogen (secondary N) is 1. The highest BCUT2D eigenvalue weighted by atomic mass is 16.5. The van der Waals surface area contributed by atoms with E-state index >= 15 is 0 Å². The molecule has 3 heterocycles. The van der Waals surface area contributed by atoms with Gasteiger partial charge in [-0.3, -0.25) is 4.79 Å². The third-order valence-corrected chi connectivity index (χ3v) is 4.44. The van der Waals surface area contributed by atoms with Gasteiger partial charge in [0.1, 0.15) is 17.4 Å². The Morgan fingerprint density at radius 3 is 3.00 bits per heavy atom. The van der Waals surface area contributed by atoms with E-state index in [1.54, 1.807) is 17.5 Å². The maximum atomic E-state index is 11.3. The molecular formula is C20H22N4O3. The standard InChI is InChI=1S/C20H22N4O3/c1-14(25)9-15-3-2-4-17(10-15)27-20-6-5-19-22-18(11-24(19)23-20)21-8-7-16-12-26-13-16/h2-6,10-11,16,21H,7-9,12-13H2,1H3. The molecule has 7 heteroatoms. The quantitative estimate of drug-likeness (QED) is 0.660. The summed E-state index contributed by atoms with van der Waals surface area (Å²) in [5.74, 6) is 2.70. The molecule has 0 bridgehead atoms. The molecule has 0 aliphatic carbocycles. The van der Waals surface area contributed by atoms with E-state index in [0.29, 0.717) is 24.0 Å². The average Bonchev–Trinajstić information content (AvgIpc) is 2.99. The SMILES string of the molecule is CC(=O)Cc1cccc(Oc2ccc3nc(NCCC4COC4)cn3n2)c1. The van der Waals surface area contributed by atoms with Crippen LogP contribution in [0.15, 0.2) is 42.6 Å². The Balaban J connectivity index is 1.42. The summed E-state index contributed by atoms with van der Waals surface area (Å²) in [4.78, 5) is 15.8. The van der Waals surface area contributed by atoms with Gasteiger partial charge < -0.3 is 14.8 Å². The zero-order chi connectivity index (χ0) is 18.6. The second-order valence-electron chi connectivity index (χ2n) is 6.85. The molecule has 0 atom stereocenters. The van der Waals surface area contributed by atoms with Crippen molar-refractivity contribution in [2.24, 2.45) is 5.92 Å². The first kappa shape index (κ1) is 17.5. The van der Waals surface area contributed by atoms with E-state index in [1.165, 1.54) is 0 Å². The van der Waals surface area contributed by atoms with Crippen molar-refractivity contribution in [3.05, 3.63) is 48.2 Å². The van der Waals surface area contributed by atoms with Crippen LogP contribution in [0.4, 0.5) is 5.82 Å². The number of Topliss-reactive ketones (excluding diaryl/α,β-unsaturated/α-hetero) is 1. The first-order valence-corrected chi connectivity index (χ1v) is 9.10. The minimum absolute atomic E-state index is 0.120. The molecule has 27 heavy (non-hydrogen) atoms. The van der Waals surface area contributed by atoms with Gasteiger partial charge in [0.25, 0.3) is 0 Å². The smallest absolute Gasteiger partial charge is 0.237 e. The summed E-state index contributed by atoms with van der Waals surface area (Å²) in [6, 6.07) is 11.1. The molecule has 1 saturated heterocycles. The van der Waals surface area contributed by atoms with Crippen molar-refractivity contribution in [1.82, 2.24) is 14.6 Å². The van der Waals surface area contributed by atoms with Gasteiger partial charge in [-0.05, 0) is 37.1 Å². The number of aromatic nitrogens is 3. The molecule has 1 aliphatic heterocycles. The number of benzene rings is 1. The largest absolute Gasteiger partial charge is 0.438 e. The second-order valence-corrected chi connectivity index (χ2v) is 6.85. The van der Waals surface area contributed by atoms with Crippen LogP contribution in [-0.4, -0.2) is 40.1 Å². The van der Waals surface area contributed by atoms with E-state index in [-0.39, 0.29) is 5.78 Å². The summed E-state index contributed by atoms with van der Waals surface area (Å²) < 4.78 is 12.7. The van der Waals surface area contributed by atoms with E-state index in [2.05, 4.69) is 15.4 Å². The molecule has 0 amide bonds. The molecule has 0 radical (unpaired) electrons. The lowest BCUT2D eigenvalue weighted by Gasteiger charge is -2.25. The number of carbonyl (C=O) groups excluding carboxylic acids is 1. The predicted octanol–water partition coefficient (Wildman–Crippen LogP) is 3.10. The maximum absolute atomic E-state index is 11.3. The van der Waals surface area contributed by atoms with E-state index in [4.69, 9.17) is 9.47 Å². The van der Waals surface area contributed by atoms with E-state index in [0.717, 1.165) is 43.2 Å². The van der Waals surface area contributed by atoms with Gasteiger partial charge in [0, 0.05) is 24.9 Å². The molecule has 1 aromatic carbocycles. The number of carbonyl (C=O) groups is 1. The number of anilines is 1. The fourth-order valence-corrected chi connectivity index (χ4v) is 2.99. The monoisotopic (exact) mass is 366 g/mol. The molecule has 3 aromatic rings. The molecule has 1 fully saturated rings. The number of imidazole rings is 1. The third kappa shape index (κ3) is 4.43. The van der Waals surface area contributed by atoms with Crippen molar-refractivity contribution in [2.45, 2.75) is 19.8 Å². The Hall–Kier alpha value is -2.93. The highest BCUT2D eigenvalue weighted by molar-refractivity contribution is 5.78. The number of hydrogen-bond donors (Lipinski definition) is 1. The minimum atomic E-state index is 0.120. The summed E-state index contributed by atoms with van der Waals surface area (Å²) in [7, 11) is 0. The van der Waals surface area contributed by atoms with Crippen molar-refractivity contribution < 1.29 is 14.3 Å². The van der Waals surface area contributed by atoms with Gasteiger partial charge in [0.05, 0.1) is 19.4 Å². The summed E-state index contributed by atoms with van der Waals surface area (Å²) in [5, 5.41) is 7.79. The number of nitrogens with zero attached hydrogens (tertiary/aromatic N) is 3. The Morgan fingerprint density at radius 2 is 2.22 bits per heavy atom. The molecule has 140 valence electrons. The van der Waals surface area contributed by atoms with Crippen LogP contribution in [0.5, 0.6) is 11.6 Å². The van der Waals surface area contributed by atoms with Gasteiger partial charge in [-0.25, -0.2) is 9.50 Å². The molecule has 4 rings (SSSR count). The van der Waals surface area contributed by atoms with Gasteiger partial charge in [-0.1, -0.05) is 12.1 Å². The molecule has 1 aliphatic rings. The van der Waals surface area contributed by atoms with E-state index in [9.17, 15) is 4.79 Å². The normalized spacial score (nSPS) is 14.1. The molecule has 0 unspecified atom stereocenters. The predicted molar refractivity (Wildman–Crippen MR) is 101 cm³/mol. The first-order chi connectivity index (χ1) is 13.2. The van der Waals surface area contributed by atoms with Gasteiger partial charge >= 0.3 is 0 Å². The highest BCUT2D eigenvalue weighted by Gasteiger charge is 2.17. The summed E-state index contributed by atoms with van der Waals surface area (Å²) in [6.45, 7) is 4.17. The minimum Gasteiger partial charge on any atom is -0.438 e. The lowest BCUT2D eigenvalue weighted by Crippen LogP contribution is -2.29. The van der Waals surface area contributed by atoms with Crippen LogP contribution in [0.25, 0.3) is 5.65 Å². The van der Waals surface area contributed by atoms with Crippen LogP contribution in [0, 0.1) is 5.92 Å². The van der Waals surface area contributed by atoms with Gasteiger partial charge in [-0.15, -0.1) is 5.10 Å². The van der Waals surface area contributed by atoms with E-state index in [1.807, 2.05) is 36.5 Å². The van der Waals surface area contributed by atoms with Crippen molar-refractivity contribution >= 4 is 17.2 Å². The zero-order valence-electron chi connectivity index (χ0n) is 15.2. The highest BCUT2D eigenvalue weighted by Crippen LogP contribution is 2.22. The Kier molecular flexibility index (Phi) is 5.02. The topological polar surface area (TPSA) is 77.8 Å². The maximum Gasteiger partial charge on any atom is 0.237 e. The number of hydrogen-bond acceptors (Lipinski definition) is 6. The van der Waals surface area contributed by atoms with Gasteiger partial charge in [-0.2, -0.15) is 0 Å². The number of ketones is 1. The number of rotatable bonds is 8.